The third-order valence-electron chi connectivity index (χ3n) is 3.92. The lowest BCUT2D eigenvalue weighted by atomic mass is 10.2. The first-order valence-corrected chi connectivity index (χ1v) is 8.89. The summed E-state index contributed by atoms with van der Waals surface area (Å²) < 4.78 is 17.3. The van der Waals surface area contributed by atoms with Gasteiger partial charge in [0.15, 0.2) is 0 Å². The number of hydrogen-bond donors (Lipinski definition) is 0. The molecule has 0 N–H and O–H groups in total. The summed E-state index contributed by atoms with van der Waals surface area (Å²) in [5.41, 5.74) is 2.88. The van der Waals surface area contributed by atoms with Crippen LogP contribution in [-0.2, 0) is 18.0 Å². The number of esters is 1. The van der Waals surface area contributed by atoms with Crippen LogP contribution in [0.4, 0.5) is 0 Å². The number of aromatic nitrogens is 1. The number of rotatable bonds is 6. The van der Waals surface area contributed by atoms with Crippen LogP contribution in [0.25, 0.3) is 0 Å². The van der Waals surface area contributed by atoms with Gasteiger partial charge in [-0.2, -0.15) is 0 Å². The van der Waals surface area contributed by atoms with Gasteiger partial charge in [-0.15, -0.1) is 0 Å². The van der Waals surface area contributed by atoms with Crippen molar-refractivity contribution in [3.63, 3.8) is 0 Å². The summed E-state index contributed by atoms with van der Waals surface area (Å²) in [5, 5.41) is 3.86. The van der Waals surface area contributed by atoms with E-state index < -0.39 is 5.97 Å². The minimum absolute atomic E-state index is 0.111. The van der Waals surface area contributed by atoms with Crippen LogP contribution in [0, 0.1) is 13.8 Å². The zero-order chi connectivity index (χ0) is 18.5. The molecule has 6 heteroatoms. The molecule has 134 valence electrons. The van der Waals surface area contributed by atoms with Crippen LogP contribution >= 0.6 is 15.9 Å². The summed E-state index contributed by atoms with van der Waals surface area (Å²) in [5.74, 6) is 0.681. The van der Waals surface area contributed by atoms with E-state index in [2.05, 4.69) is 21.1 Å². The Bertz CT molecular complexity index is 900. The van der Waals surface area contributed by atoms with E-state index in [-0.39, 0.29) is 6.61 Å². The predicted octanol–water partition coefficient (Wildman–Crippen LogP) is 4.99. The normalized spacial score (nSPS) is 10.6. The second kappa shape index (κ2) is 8.19. The molecule has 0 saturated heterocycles. The SMILES string of the molecule is Cc1noc(C)c1COC(=O)c1ccccc1OCc1cccc(Br)c1. The lowest BCUT2D eigenvalue weighted by Gasteiger charge is -2.11. The maximum atomic E-state index is 12.5. The van der Waals surface area contributed by atoms with Gasteiger partial charge in [0.1, 0.15) is 30.3 Å². The Labute approximate surface area is 160 Å². The average Bonchev–Trinajstić information content (AvgIpc) is 2.96. The number of carbonyl (C=O) groups is 1. The molecule has 0 amide bonds. The number of ether oxygens (including phenoxy) is 2. The van der Waals surface area contributed by atoms with E-state index in [1.807, 2.05) is 37.3 Å². The monoisotopic (exact) mass is 415 g/mol. The summed E-state index contributed by atoms with van der Waals surface area (Å²) >= 11 is 3.43. The predicted molar refractivity (Wildman–Crippen MR) is 100 cm³/mol. The van der Waals surface area contributed by atoms with Crippen LogP contribution in [0.5, 0.6) is 5.75 Å². The third-order valence-corrected chi connectivity index (χ3v) is 4.41. The van der Waals surface area contributed by atoms with Crippen molar-refractivity contribution >= 4 is 21.9 Å². The molecule has 0 aliphatic heterocycles. The molecule has 0 fully saturated rings. The van der Waals surface area contributed by atoms with Crippen LogP contribution < -0.4 is 4.74 Å². The van der Waals surface area contributed by atoms with Gasteiger partial charge < -0.3 is 14.0 Å². The van der Waals surface area contributed by atoms with Gasteiger partial charge in [0.25, 0.3) is 0 Å². The summed E-state index contributed by atoms with van der Waals surface area (Å²) in [6, 6.07) is 14.9. The minimum atomic E-state index is -0.449. The van der Waals surface area contributed by atoms with Crippen molar-refractivity contribution in [2.75, 3.05) is 0 Å². The van der Waals surface area contributed by atoms with Gasteiger partial charge in [-0.25, -0.2) is 4.79 Å². The number of carbonyl (C=O) groups excluding carboxylic acids is 1. The zero-order valence-corrected chi connectivity index (χ0v) is 16.1. The largest absolute Gasteiger partial charge is 0.488 e. The molecule has 1 heterocycles. The van der Waals surface area contributed by atoms with Crippen molar-refractivity contribution in [2.24, 2.45) is 0 Å². The highest BCUT2D eigenvalue weighted by atomic mass is 79.9. The number of hydrogen-bond acceptors (Lipinski definition) is 5. The van der Waals surface area contributed by atoms with Gasteiger partial charge in [0.2, 0.25) is 0 Å². The van der Waals surface area contributed by atoms with Crippen molar-refractivity contribution in [1.29, 1.82) is 0 Å². The molecule has 3 aromatic rings. The Kier molecular flexibility index (Phi) is 5.73. The molecule has 0 radical (unpaired) electrons. The molecule has 1 aromatic heterocycles. The number of halogens is 1. The first-order valence-electron chi connectivity index (χ1n) is 8.09. The van der Waals surface area contributed by atoms with Crippen molar-refractivity contribution in [3.8, 4) is 5.75 Å². The van der Waals surface area contributed by atoms with E-state index in [4.69, 9.17) is 14.0 Å². The van der Waals surface area contributed by atoms with Gasteiger partial charge in [0.05, 0.1) is 11.3 Å². The minimum Gasteiger partial charge on any atom is -0.488 e. The Hall–Kier alpha value is -2.60. The quantitative estimate of drug-likeness (QED) is 0.530. The molecule has 0 atom stereocenters. The van der Waals surface area contributed by atoms with Crippen LogP contribution in [0.1, 0.15) is 32.9 Å². The van der Waals surface area contributed by atoms with Crippen molar-refractivity contribution in [2.45, 2.75) is 27.1 Å². The maximum absolute atomic E-state index is 12.5. The smallest absolute Gasteiger partial charge is 0.342 e. The van der Waals surface area contributed by atoms with E-state index >= 15 is 0 Å². The van der Waals surface area contributed by atoms with Crippen LogP contribution in [0.15, 0.2) is 57.5 Å². The molecule has 0 saturated carbocycles. The standard InChI is InChI=1S/C20H18BrNO4/c1-13-18(14(2)26-22-13)12-25-20(23)17-8-3-4-9-19(17)24-11-15-6-5-7-16(21)10-15/h3-10H,11-12H2,1-2H3. The first-order chi connectivity index (χ1) is 12.5. The average molecular weight is 416 g/mol. The van der Waals surface area contributed by atoms with Crippen molar-refractivity contribution in [1.82, 2.24) is 5.16 Å². The molecule has 0 aliphatic rings. The number of para-hydroxylation sites is 1. The van der Waals surface area contributed by atoms with E-state index in [0.29, 0.717) is 23.7 Å². The Morgan fingerprint density at radius 2 is 1.92 bits per heavy atom. The van der Waals surface area contributed by atoms with E-state index in [1.54, 1.807) is 25.1 Å². The van der Waals surface area contributed by atoms with Gasteiger partial charge >= 0.3 is 5.97 Å². The molecule has 0 unspecified atom stereocenters. The summed E-state index contributed by atoms with van der Waals surface area (Å²) in [7, 11) is 0. The highest BCUT2D eigenvalue weighted by Gasteiger charge is 2.16. The van der Waals surface area contributed by atoms with Crippen molar-refractivity contribution in [3.05, 3.63) is 81.1 Å². The fourth-order valence-corrected chi connectivity index (χ4v) is 2.92. The Morgan fingerprint density at radius 1 is 1.12 bits per heavy atom. The Morgan fingerprint density at radius 3 is 2.65 bits per heavy atom. The van der Waals surface area contributed by atoms with Crippen LogP contribution in [0.2, 0.25) is 0 Å². The van der Waals surface area contributed by atoms with E-state index in [1.165, 1.54) is 0 Å². The lowest BCUT2D eigenvalue weighted by molar-refractivity contribution is 0.0465. The molecule has 0 bridgehead atoms. The first kappa shape index (κ1) is 18.2. The highest BCUT2D eigenvalue weighted by Crippen LogP contribution is 2.22. The summed E-state index contributed by atoms with van der Waals surface area (Å²) in [6.07, 6.45) is 0. The molecule has 2 aromatic carbocycles. The fraction of sp³-hybridized carbons (Fsp3) is 0.200. The van der Waals surface area contributed by atoms with E-state index in [9.17, 15) is 4.79 Å². The van der Waals surface area contributed by atoms with Gasteiger partial charge in [-0.3, -0.25) is 0 Å². The molecular weight excluding hydrogens is 398 g/mol. The maximum Gasteiger partial charge on any atom is 0.342 e. The number of nitrogens with zero attached hydrogens (tertiary/aromatic N) is 1. The van der Waals surface area contributed by atoms with Crippen molar-refractivity contribution < 1.29 is 18.8 Å². The Balaban J connectivity index is 1.69. The van der Waals surface area contributed by atoms with Crippen LogP contribution in [0.3, 0.4) is 0 Å². The third kappa shape index (κ3) is 4.32. The second-order valence-corrected chi connectivity index (χ2v) is 6.71. The fourth-order valence-electron chi connectivity index (χ4n) is 2.47. The topological polar surface area (TPSA) is 61.6 Å². The highest BCUT2D eigenvalue weighted by molar-refractivity contribution is 9.10. The molecule has 0 aliphatic carbocycles. The van der Waals surface area contributed by atoms with Crippen LogP contribution in [-0.4, -0.2) is 11.1 Å². The molecule has 5 nitrogen and oxygen atoms in total. The van der Waals surface area contributed by atoms with E-state index in [0.717, 1.165) is 21.3 Å². The zero-order valence-electron chi connectivity index (χ0n) is 14.5. The van der Waals surface area contributed by atoms with Gasteiger partial charge in [0, 0.05) is 4.47 Å². The molecular formula is C20H18BrNO4. The summed E-state index contributed by atoms with van der Waals surface area (Å²) in [4.78, 5) is 12.5. The number of benzene rings is 2. The van der Waals surface area contributed by atoms with Gasteiger partial charge in [-0.1, -0.05) is 45.4 Å². The van der Waals surface area contributed by atoms with Gasteiger partial charge in [-0.05, 0) is 43.7 Å². The summed E-state index contributed by atoms with van der Waals surface area (Å²) in [6.45, 7) is 4.07. The number of aryl methyl sites for hydroxylation is 2. The second-order valence-electron chi connectivity index (χ2n) is 5.79. The molecule has 26 heavy (non-hydrogen) atoms. The molecule has 3 rings (SSSR count). The lowest BCUT2D eigenvalue weighted by Crippen LogP contribution is -2.09. The molecule has 0 spiro atoms.